The van der Waals surface area contributed by atoms with E-state index in [0.29, 0.717) is 5.75 Å². The highest BCUT2D eigenvalue weighted by molar-refractivity contribution is 5.93. The SMILES string of the molecule is Cc1ccc(OCC(=O)NNC(=O)c2ccccn2)cc1. The Morgan fingerprint density at radius 2 is 1.86 bits per heavy atom. The highest BCUT2D eigenvalue weighted by Crippen LogP contribution is 2.10. The zero-order valence-electron chi connectivity index (χ0n) is 11.5. The summed E-state index contributed by atoms with van der Waals surface area (Å²) in [5, 5.41) is 0. The van der Waals surface area contributed by atoms with Crippen LogP contribution in [0.3, 0.4) is 0 Å². The minimum Gasteiger partial charge on any atom is -0.484 e. The Bertz CT molecular complexity index is 612. The fourth-order valence-electron chi connectivity index (χ4n) is 1.51. The number of rotatable bonds is 4. The first-order chi connectivity index (χ1) is 10.1. The second-order valence-corrected chi connectivity index (χ2v) is 4.32. The van der Waals surface area contributed by atoms with Gasteiger partial charge in [0.05, 0.1) is 0 Å². The smallest absolute Gasteiger partial charge is 0.288 e. The molecule has 6 nitrogen and oxygen atoms in total. The minimum absolute atomic E-state index is 0.189. The number of carbonyl (C=O) groups is 2. The maximum absolute atomic E-state index is 11.6. The van der Waals surface area contributed by atoms with Crippen molar-refractivity contribution in [3.63, 3.8) is 0 Å². The molecule has 0 aliphatic carbocycles. The quantitative estimate of drug-likeness (QED) is 0.828. The van der Waals surface area contributed by atoms with Crippen molar-refractivity contribution in [3.05, 3.63) is 59.9 Å². The summed E-state index contributed by atoms with van der Waals surface area (Å²) in [5.74, 6) is -0.356. The van der Waals surface area contributed by atoms with E-state index in [1.807, 2.05) is 19.1 Å². The van der Waals surface area contributed by atoms with Crippen molar-refractivity contribution in [2.75, 3.05) is 6.61 Å². The van der Waals surface area contributed by atoms with Crippen LogP contribution in [0.1, 0.15) is 16.1 Å². The van der Waals surface area contributed by atoms with Crippen LogP contribution in [0.2, 0.25) is 0 Å². The number of hydrogen-bond donors (Lipinski definition) is 2. The van der Waals surface area contributed by atoms with Gasteiger partial charge < -0.3 is 4.74 Å². The third kappa shape index (κ3) is 4.61. The molecule has 0 aliphatic rings. The maximum Gasteiger partial charge on any atom is 0.288 e. The lowest BCUT2D eigenvalue weighted by Crippen LogP contribution is -2.44. The average Bonchev–Trinajstić information content (AvgIpc) is 2.53. The van der Waals surface area contributed by atoms with Crippen molar-refractivity contribution < 1.29 is 14.3 Å². The third-order valence-corrected chi connectivity index (χ3v) is 2.60. The summed E-state index contributed by atoms with van der Waals surface area (Å²) in [6.07, 6.45) is 1.50. The van der Waals surface area contributed by atoms with E-state index in [4.69, 9.17) is 4.74 Å². The molecule has 0 bridgehead atoms. The van der Waals surface area contributed by atoms with Gasteiger partial charge in [0, 0.05) is 6.20 Å². The van der Waals surface area contributed by atoms with E-state index < -0.39 is 11.8 Å². The third-order valence-electron chi connectivity index (χ3n) is 2.60. The van der Waals surface area contributed by atoms with Crippen LogP contribution in [0.5, 0.6) is 5.75 Å². The molecular formula is C15H15N3O3. The van der Waals surface area contributed by atoms with E-state index in [9.17, 15) is 9.59 Å². The van der Waals surface area contributed by atoms with Gasteiger partial charge in [0.15, 0.2) is 6.61 Å². The Hall–Kier alpha value is -2.89. The van der Waals surface area contributed by atoms with Crippen LogP contribution in [0.4, 0.5) is 0 Å². The first kappa shape index (κ1) is 14.5. The van der Waals surface area contributed by atoms with Crippen molar-refractivity contribution >= 4 is 11.8 Å². The lowest BCUT2D eigenvalue weighted by Gasteiger charge is -2.08. The average molecular weight is 285 g/mol. The highest BCUT2D eigenvalue weighted by Gasteiger charge is 2.08. The predicted molar refractivity (Wildman–Crippen MR) is 76.5 cm³/mol. The fraction of sp³-hybridized carbons (Fsp3) is 0.133. The van der Waals surface area contributed by atoms with Gasteiger partial charge in [-0.3, -0.25) is 25.4 Å². The zero-order chi connectivity index (χ0) is 15.1. The molecule has 2 amide bonds. The topological polar surface area (TPSA) is 80.3 Å². The van der Waals surface area contributed by atoms with E-state index in [1.54, 1.807) is 30.3 Å². The molecule has 2 N–H and O–H groups in total. The second kappa shape index (κ2) is 7.04. The van der Waals surface area contributed by atoms with Gasteiger partial charge in [-0.1, -0.05) is 23.8 Å². The Labute approximate surface area is 122 Å². The largest absolute Gasteiger partial charge is 0.484 e. The van der Waals surface area contributed by atoms with Crippen molar-refractivity contribution in [1.29, 1.82) is 0 Å². The van der Waals surface area contributed by atoms with E-state index in [-0.39, 0.29) is 12.3 Å². The first-order valence-corrected chi connectivity index (χ1v) is 6.35. The Kier molecular flexibility index (Phi) is 4.87. The number of benzene rings is 1. The van der Waals surface area contributed by atoms with E-state index in [1.165, 1.54) is 6.20 Å². The second-order valence-electron chi connectivity index (χ2n) is 4.32. The summed E-state index contributed by atoms with van der Waals surface area (Å²) < 4.78 is 5.28. The number of aromatic nitrogens is 1. The molecule has 0 saturated heterocycles. The zero-order valence-corrected chi connectivity index (χ0v) is 11.5. The lowest BCUT2D eigenvalue weighted by molar-refractivity contribution is -0.123. The molecule has 0 radical (unpaired) electrons. The van der Waals surface area contributed by atoms with Crippen molar-refractivity contribution in [2.45, 2.75) is 6.92 Å². The number of carbonyl (C=O) groups excluding carboxylic acids is 2. The number of pyridine rings is 1. The Morgan fingerprint density at radius 3 is 2.52 bits per heavy atom. The predicted octanol–water partition coefficient (Wildman–Crippen LogP) is 1.23. The van der Waals surface area contributed by atoms with E-state index in [0.717, 1.165) is 5.56 Å². The van der Waals surface area contributed by atoms with E-state index in [2.05, 4.69) is 15.8 Å². The molecule has 0 spiro atoms. The first-order valence-electron chi connectivity index (χ1n) is 6.35. The molecule has 2 aromatic rings. The number of hydrogen-bond acceptors (Lipinski definition) is 4. The maximum atomic E-state index is 11.6. The van der Waals surface area contributed by atoms with Crippen LogP contribution in [0, 0.1) is 6.92 Å². The van der Waals surface area contributed by atoms with Gasteiger partial charge in [-0.05, 0) is 31.2 Å². The van der Waals surface area contributed by atoms with Gasteiger partial charge in [-0.15, -0.1) is 0 Å². The number of ether oxygens (including phenoxy) is 1. The summed E-state index contributed by atoms with van der Waals surface area (Å²) in [6.45, 7) is 1.77. The van der Waals surface area contributed by atoms with Gasteiger partial charge in [0.2, 0.25) is 0 Å². The number of nitrogens with one attached hydrogen (secondary N) is 2. The molecular weight excluding hydrogens is 270 g/mol. The molecule has 1 aromatic carbocycles. The van der Waals surface area contributed by atoms with E-state index >= 15 is 0 Å². The van der Waals surface area contributed by atoms with Gasteiger partial charge in [0.25, 0.3) is 11.8 Å². The number of amides is 2. The molecule has 2 rings (SSSR count). The van der Waals surface area contributed by atoms with Crippen LogP contribution in [-0.2, 0) is 4.79 Å². The van der Waals surface area contributed by atoms with Gasteiger partial charge in [0.1, 0.15) is 11.4 Å². The van der Waals surface area contributed by atoms with Gasteiger partial charge in [-0.2, -0.15) is 0 Å². The molecule has 0 saturated carbocycles. The molecule has 0 atom stereocenters. The van der Waals surface area contributed by atoms with Crippen LogP contribution in [-0.4, -0.2) is 23.4 Å². The minimum atomic E-state index is -0.487. The standard InChI is InChI=1S/C15H15N3O3/c1-11-5-7-12(8-6-11)21-10-14(19)17-18-15(20)13-4-2-3-9-16-13/h2-9H,10H2,1H3,(H,17,19)(H,18,20). The van der Waals surface area contributed by atoms with Crippen LogP contribution >= 0.6 is 0 Å². The molecule has 0 fully saturated rings. The summed E-state index contributed by atoms with van der Waals surface area (Å²) in [4.78, 5) is 27.0. The van der Waals surface area contributed by atoms with Crippen LogP contribution in [0.15, 0.2) is 48.7 Å². The highest BCUT2D eigenvalue weighted by atomic mass is 16.5. The number of nitrogens with zero attached hydrogens (tertiary/aromatic N) is 1. The summed E-state index contributed by atoms with van der Waals surface area (Å²) in [6, 6.07) is 12.2. The van der Waals surface area contributed by atoms with Crippen molar-refractivity contribution in [2.24, 2.45) is 0 Å². The Balaban J connectivity index is 1.75. The number of aryl methyl sites for hydroxylation is 1. The summed E-state index contributed by atoms with van der Waals surface area (Å²) in [5.41, 5.74) is 5.85. The van der Waals surface area contributed by atoms with Gasteiger partial charge in [-0.25, -0.2) is 0 Å². The fourth-order valence-corrected chi connectivity index (χ4v) is 1.51. The molecule has 6 heteroatoms. The van der Waals surface area contributed by atoms with Crippen LogP contribution in [0.25, 0.3) is 0 Å². The summed E-state index contributed by atoms with van der Waals surface area (Å²) >= 11 is 0. The molecule has 1 aromatic heterocycles. The normalized spacial score (nSPS) is 9.76. The van der Waals surface area contributed by atoms with Crippen molar-refractivity contribution in [3.8, 4) is 5.75 Å². The Morgan fingerprint density at radius 1 is 1.10 bits per heavy atom. The lowest BCUT2D eigenvalue weighted by atomic mass is 10.2. The molecule has 0 unspecified atom stereocenters. The molecule has 0 aliphatic heterocycles. The van der Waals surface area contributed by atoms with Crippen LogP contribution < -0.4 is 15.6 Å². The van der Waals surface area contributed by atoms with Gasteiger partial charge >= 0.3 is 0 Å². The monoisotopic (exact) mass is 285 g/mol. The number of hydrazine groups is 1. The van der Waals surface area contributed by atoms with Crippen molar-refractivity contribution in [1.82, 2.24) is 15.8 Å². The summed E-state index contributed by atoms with van der Waals surface area (Å²) in [7, 11) is 0. The molecule has 21 heavy (non-hydrogen) atoms. The molecule has 108 valence electrons. The molecule has 1 heterocycles.